The van der Waals surface area contributed by atoms with Gasteiger partial charge in [-0.25, -0.2) is 4.98 Å². The summed E-state index contributed by atoms with van der Waals surface area (Å²) in [6.45, 7) is 5.99. The van der Waals surface area contributed by atoms with E-state index in [1.54, 1.807) is 0 Å². The number of piperazine rings is 1. The van der Waals surface area contributed by atoms with E-state index in [0.717, 1.165) is 32.0 Å². The summed E-state index contributed by atoms with van der Waals surface area (Å²) < 4.78 is 10.9. The molecular formula is C15H23N5O2. The first-order valence-corrected chi connectivity index (χ1v) is 7.73. The number of anilines is 1. The van der Waals surface area contributed by atoms with Crippen LogP contribution in [0.5, 0.6) is 0 Å². The lowest BCUT2D eigenvalue weighted by Gasteiger charge is -2.36. The van der Waals surface area contributed by atoms with Crippen LogP contribution in [0.2, 0.25) is 0 Å². The predicted octanol–water partition coefficient (Wildman–Crippen LogP) is -0.0663. The van der Waals surface area contributed by atoms with Gasteiger partial charge >= 0.3 is 0 Å². The van der Waals surface area contributed by atoms with Crippen molar-refractivity contribution in [1.82, 2.24) is 9.88 Å². The number of aromatic nitrogens is 1. The Bertz CT molecular complexity index is 482. The first-order valence-electron chi connectivity index (χ1n) is 7.73. The highest BCUT2D eigenvalue weighted by atomic mass is 16.6. The van der Waals surface area contributed by atoms with Crippen molar-refractivity contribution in [2.24, 2.45) is 10.7 Å². The van der Waals surface area contributed by atoms with E-state index in [4.69, 9.17) is 15.2 Å². The highest BCUT2D eigenvalue weighted by molar-refractivity contribution is 5.78. The maximum absolute atomic E-state index is 6.10. The normalized spacial score (nSPS) is 23.6. The van der Waals surface area contributed by atoms with Gasteiger partial charge in [0, 0.05) is 32.4 Å². The fraction of sp³-hybridized carbons (Fsp3) is 0.600. The van der Waals surface area contributed by atoms with Crippen LogP contribution in [0, 0.1) is 0 Å². The Labute approximate surface area is 130 Å². The molecule has 0 spiro atoms. The number of hydrogen-bond acceptors (Lipinski definition) is 5. The van der Waals surface area contributed by atoms with Gasteiger partial charge in [0.15, 0.2) is 5.96 Å². The summed E-state index contributed by atoms with van der Waals surface area (Å²) in [5.41, 5.74) is 6.10. The molecule has 22 heavy (non-hydrogen) atoms. The van der Waals surface area contributed by atoms with Crippen LogP contribution in [0.4, 0.5) is 5.82 Å². The SMILES string of the molecule is NC(=NCC1COCCO1)N1CCN(c2ccccn2)CC1. The molecule has 2 saturated heterocycles. The van der Waals surface area contributed by atoms with Crippen LogP contribution in [-0.2, 0) is 9.47 Å². The average molecular weight is 305 g/mol. The van der Waals surface area contributed by atoms with Gasteiger partial charge in [-0.2, -0.15) is 0 Å². The predicted molar refractivity (Wildman–Crippen MR) is 85.1 cm³/mol. The topological polar surface area (TPSA) is 76.2 Å². The first kappa shape index (κ1) is 15.1. The van der Waals surface area contributed by atoms with Gasteiger partial charge < -0.3 is 25.0 Å². The zero-order valence-electron chi connectivity index (χ0n) is 12.7. The average Bonchev–Trinajstić information content (AvgIpc) is 2.61. The van der Waals surface area contributed by atoms with Crippen molar-refractivity contribution in [2.45, 2.75) is 6.10 Å². The van der Waals surface area contributed by atoms with Crippen molar-refractivity contribution in [3.05, 3.63) is 24.4 Å². The zero-order chi connectivity index (χ0) is 15.2. The second kappa shape index (κ2) is 7.42. The number of hydrogen-bond donors (Lipinski definition) is 1. The summed E-state index contributed by atoms with van der Waals surface area (Å²) in [5, 5.41) is 0. The fourth-order valence-electron chi connectivity index (χ4n) is 2.64. The van der Waals surface area contributed by atoms with Gasteiger partial charge in [0.25, 0.3) is 0 Å². The van der Waals surface area contributed by atoms with Crippen molar-refractivity contribution in [2.75, 3.05) is 57.4 Å². The summed E-state index contributed by atoms with van der Waals surface area (Å²) in [6.07, 6.45) is 1.85. The highest BCUT2D eigenvalue weighted by Gasteiger charge is 2.20. The molecule has 1 aromatic rings. The quantitative estimate of drug-likeness (QED) is 0.622. The smallest absolute Gasteiger partial charge is 0.191 e. The van der Waals surface area contributed by atoms with Gasteiger partial charge in [0.2, 0.25) is 0 Å². The molecule has 2 aliphatic heterocycles. The molecule has 7 nitrogen and oxygen atoms in total. The summed E-state index contributed by atoms with van der Waals surface area (Å²) in [7, 11) is 0. The van der Waals surface area contributed by atoms with E-state index < -0.39 is 0 Å². The molecule has 3 heterocycles. The molecule has 7 heteroatoms. The molecular weight excluding hydrogens is 282 g/mol. The van der Waals surface area contributed by atoms with Crippen LogP contribution in [0.25, 0.3) is 0 Å². The summed E-state index contributed by atoms with van der Waals surface area (Å²) in [6, 6.07) is 5.98. The Kier molecular flexibility index (Phi) is 5.07. The minimum absolute atomic E-state index is 0.0297. The Hall–Kier alpha value is -1.86. The van der Waals surface area contributed by atoms with Crippen molar-refractivity contribution in [3.8, 4) is 0 Å². The minimum atomic E-state index is 0.0297. The van der Waals surface area contributed by atoms with E-state index in [-0.39, 0.29) is 6.10 Å². The molecule has 0 aliphatic carbocycles. The standard InChI is InChI=1S/C15H23N5O2/c16-15(18-11-13-12-21-9-10-22-13)20-7-5-19(6-8-20)14-3-1-2-4-17-14/h1-4,13H,5-12H2,(H2,16,18). The Morgan fingerprint density at radius 3 is 2.82 bits per heavy atom. The van der Waals surface area contributed by atoms with Crippen molar-refractivity contribution in [1.29, 1.82) is 0 Å². The van der Waals surface area contributed by atoms with E-state index in [9.17, 15) is 0 Å². The van der Waals surface area contributed by atoms with E-state index in [1.165, 1.54) is 0 Å². The fourth-order valence-corrected chi connectivity index (χ4v) is 2.64. The van der Waals surface area contributed by atoms with Crippen molar-refractivity contribution in [3.63, 3.8) is 0 Å². The molecule has 2 aliphatic rings. The maximum Gasteiger partial charge on any atom is 0.191 e. The van der Waals surface area contributed by atoms with Gasteiger partial charge in [0.1, 0.15) is 11.9 Å². The second-order valence-electron chi connectivity index (χ2n) is 5.43. The number of ether oxygens (including phenoxy) is 2. The molecule has 1 unspecified atom stereocenters. The largest absolute Gasteiger partial charge is 0.376 e. The Morgan fingerprint density at radius 1 is 1.27 bits per heavy atom. The van der Waals surface area contributed by atoms with Crippen molar-refractivity contribution >= 4 is 11.8 Å². The lowest BCUT2D eigenvalue weighted by molar-refractivity contribution is -0.0833. The summed E-state index contributed by atoms with van der Waals surface area (Å²) >= 11 is 0. The molecule has 0 radical (unpaired) electrons. The highest BCUT2D eigenvalue weighted by Crippen LogP contribution is 2.12. The number of aliphatic imine (C=N–C) groups is 1. The van der Waals surface area contributed by atoms with Crippen LogP contribution in [0.3, 0.4) is 0 Å². The molecule has 120 valence electrons. The molecule has 0 saturated carbocycles. The first-order chi connectivity index (χ1) is 10.8. The van der Waals surface area contributed by atoms with Crippen LogP contribution in [-0.4, -0.2) is 74.5 Å². The van der Waals surface area contributed by atoms with Crippen LogP contribution in [0.1, 0.15) is 0 Å². The third-order valence-corrected chi connectivity index (χ3v) is 3.92. The Balaban J connectivity index is 1.48. The lowest BCUT2D eigenvalue weighted by atomic mass is 10.3. The van der Waals surface area contributed by atoms with Crippen molar-refractivity contribution < 1.29 is 9.47 Å². The Morgan fingerprint density at radius 2 is 2.14 bits per heavy atom. The van der Waals surface area contributed by atoms with E-state index in [0.29, 0.717) is 32.3 Å². The molecule has 3 rings (SSSR count). The molecule has 0 amide bonds. The van der Waals surface area contributed by atoms with E-state index in [1.807, 2.05) is 24.4 Å². The zero-order valence-corrected chi connectivity index (χ0v) is 12.7. The van der Waals surface area contributed by atoms with Gasteiger partial charge in [-0.15, -0.1) is 0 Å². The third kappa shape index (κ3) is 3.86. The number of rotatable bonds is 3. The van der Waals surface area contributed by atoms with Crippen LogP contribution >= 0.6 is 0 Å². The number of nitrogens with two attached hydrogens (primary N) is 1. The number of guanidine groups is 1. The van der Waals surface area contributed by atoms with E-state index in [2.05, 4.69) is 19.8 Å². The number of pyridine rings is 1. The van der Waals surface area contributed by atoms with E-state index >= 15 is 0 Å². The van der Waals surface area contributed by atoms with Gasteiger partial charge in [-0.3, -0.25) is 4.99 Å². The molecule has 1 aromatic heterocycles. The monoisotopic (exact) mass is 305 g/mol. The van der Waals surface area contributed by atoms with Gasteiger partial charge in [-0.1, -0.05) is 6.07 Å². The van der Waals surface area contributed by atoms with Crippen LogP contribution < -0.4 is 10.6 Å². The van der Waals surface area contributed by atoms with Gasteiger partial charge in [0.05, 0.1) is 26.4 Å². The maximum atomic E-state index is 6.10. The summed E-state index contributed by atoms with van der Waals surface area (Å²) in [5.74, 6) is 1.61. The second-order valence-corrected chi connectivity index (χ2v) is 5.43. The molecule has 0 bridgehead atoms. The van der Waals surface area contributed by atoms with Crippen LogP contribution in [0.15, 0.2) is 29.4 Å². The van der Waals surface area contributed by atoms with Gasteiger partial charge in [-0.05, 0) is 12.1 Å². The third-order valence-electron chi connectivity index (χ3n) is 3.92. The molecule has 2 N–H and O–H groups in total. The minimum Gasteiger partial charge on any atom is -0.376 e. The molecule has 0 aromatic carbocycles. The summed E-state index contributed by atoms with van der Waals surface area (Å²) in [4.78, 5) is 13.2. The molecule has 1 atom stereocenters. The number of nitrogens with zero attached hydrogens (tertiary/aromatic N) is 4. The lowest BCUT2D eigenvalue weighted by Crippen LogP contribution is -2.51. The molecule has 2 fully saturated rings.